The van der Waals surface area contributed by atoms with Crippen LogP contribution in [0.4, 0.5) is 0 Å². The molecule has 0 spiro atoms. The van der Waals surface area contributed by atoms with Gasteiger partial charge >= 0.3 is 0 Å². The van der Waals surface area contributed by atoms with E-state index in [9.17, 15) is 4.79 Å². The number of benzene rings is 1. The quantitative estimate of drug-likeness (QED) is 0.849. The third-order valence-electron chi connectivity index (χ3n) is 4.02. The molecule has 1 aromatic carbocycles. The van der Waals surface area contributed by atoms with Gasteiger partial charge in [-0.1, -0.05) is 24.3 Å². The Hall–Kier alpha value is -1.35. The van der Waals surface area contributed by atoms with E-state index in [2.05, 4.69) is 41.8 Å². The summed E-state index contributed by atoms with van der Waals surface area (Å²) in [5.74, 6) is 0.686. The molecule has 0 heterocycles. The van der Waals surface area contributed by atoms with Crippen LogP contribution in [0.5, 0.6) is 0 Å². The molecule has 0 aromatic heterocycles. The molecule has 0 saturated heterocycles. The van der Waals surface area contributed by atoms with Gasteiger partial charge in [-0.05, 0) is 50.3 Å². The first kappa shape index (κ1) is 14.1. The van der Waals surface area contributed by atoms with Crippen LogP contribution < -0.4 is 10.6 Å². The Balaban J connectivity index is 1.80. The molecule has 1 aromatic rings. The Morgan fingerprint density at radius 2 is 2.11 bits per heavy atom. The number of aryl methyl sites for hydroxylation is 1. The summed E-state index contributed by atoms with van der Waals surface area (Å²) in [6, 6.07) is 8.93. The monoisotopic (exact) mass is 260 g/mol. The molecule has 1 aliphatic carbocycles. The minimum Gasteiger partial charge on any atom is -0.355 e. The highest BCUT2D eigenvalue weighted by Gasteiger charge is 2.20. The molecule has 2 atom stereocenters. The van der Waals surface area contributed by atoms with E-state index in [-0.39, 0.29) is 5.91 Å². The van der Waals surface area contributed by atoms with Gasteiger partial charge in [-0.15, -0.1) is 0 Å². The fourth-order valence-corrected chi connectivity index (χ4v) is 2.65. The van der Waals surface area contributed by atoms with Crippen molar-refractivity contribution in [2.24, 2.45) is 5.92 Å². The summed E-state index contributed by atoms with van der Waals surface area (Å²) >= 11 is 0. The smallest absolute Gasteiger partial charge is 0.220 e. The van der Waals surface area contributed by atoms with Gasteiger partial charge in [0.05, 0.1) is 0 Å². The number of likely N-dealkylation sites (N-methyl/N-ethyl adjacent to an activating group) is 1. The number of rotatable bonds is 5. The van der Waals surface area contributed by atoms with E-state index in [1.54, 1.807) is 0 Å². The van der Waals surface area contributed by atoms with Crippen LogP contribution >= 0.6 is 0 Å². The summed E-state index contributed by atoms with van der Waals surface area (Å²) in [5.41, 5.74) is 2.89. The van der Waals surface area contributed by atoms with Crippen LogP contribution in [0.3, 0.4) is 0 Å². The zero-order valence-electron chi connectivity index (χ0n) is 11.9. The molecule has 2 rings (SSSR count). The first-order chi connectivity index (χ1) is 9.19. The van der Waals surface area contributed by atoms with E-state index in [1.807, 2.05) is 7.05 Å². The summed E-state index contributed by atoms with van der Waals surface area (Å²) in [6.45, 7) is 2.77. The van der Waals surface area contributed by atoms with Crippen LogP contribution in [0.2, 0.25) is 0 Å². The fraction of sp³-hybridized carbons (Fsp3) is 0.562. The van der Waals surface area contributed by atoms with Gasteiger partial charge in [0, 0.05) is 19.0 Å². The number of carbonyl (C=O) groups excluding carboxylic acids is 1. The van der Waals surface area contributed by atoms with Crippen molar-refractivity contribution in [2.45, 2.75) is 38.6 Å². The lowest BCUT2D eigenvalue weighted by Gasteiger charge is -2.24. The SMILES string of the molecule is CNC(C)CNC(=O)CC1CCc2ccccc2C1. The molecule has 1 aliphatic rings. The Morgan fingerprint density at radius 1 is 1.37 bits per heavy atom. The van der Waals surface area contributed by atoms with Crippen LogP contribution in [-0.4, -0.2) is 25.5 Å². The van der Waals surface area contributed by atoms with Gasteiger partial charge in [-0.3, -0.25) is 4.79 Å². The topological polar surface area (TPSA) is 41.1 Å². The van der Waals surface area contributed by atoms with Gasteiger partial charge in [0.2, 0.25) is 5.91 Å². The number of amides is 1. The number of hydrogen-bond donors (Lipinski definition) is 2. The predicted octanol–water partition coefficient (Wildman–Crippen LogP) is 1.91. The molecule has 3 heteroatoms. The summed E-state index contributed by atoms with van der Waals surface area (Å²) in [4.78, 5) is 11.9. The minimum absolute atomic E-state index is 0.187. The normalized spacial score (nSPS) is 19.6. The Morgan fingerprint density at radius 3 is 2.84 bits per heavy atom. The maximum atomic E-state index is 11.9. The second-order valence-electron chi connectivity index (χ2n) is 5.58. The van der Waals surface area contributed by atoms with Crippen molar-refractivity contribution in [2.75, 3.05) is 13.6 Å². The van der Waals surface area contributed by atoms with Gasteiger partial charge < -0.3 is 10.6 Å². The molecule has 0 bridgehead atoms. The third-order valence-corrected chi connectivity index (χ3v) is 4.02. The minimum atomic E-state index is 0.187. The second-order valence-corrected chi connectivity index (χ2v) is 5.58. The highest BCUT2D eigenvalue weighted by Crippen LogP contribution is 2.27. The molecule has 3 nitrogen and oxygen atoms in total. The number of hydrogen-bond acceptors (Lipinski definition) is 2. The van der Waals surface area contributed by atoms with Crippen LogP contribution in [0.15, 0.2) is 24.3 Å². The van der Waals surface area contributed by atoms with E-state index in [1.165, 1.54) is 11.1 Å². The average Bonchev–Trinajstić information content (AvgIpc) is 2.44. The molecule has 19 heavy (non-hydrogen) atoms. The number of fused-ring (bicyclic) bond motifs is 1. The second kappa shape index (κ2) is 6.71. The van der Waals surface area contributed by atoms with Crippen molar-refractivity contribution < 1.29 is 4.79 Å². The molecular formula is C16H24N2O. The molecule has 104 valence electrons. The van der Waals surface area contributed by atoms with Gasteiger partial charge in [-0.2, -0.15) is 0 Å². The van der Waals surface area contributed by atoms with E-state index in [0.29, 0.717) is 24.9 Å². The average molecular weight is 260 g/mol. The van der Waals surface area contributed by atoms with E-state index < -0.39 is 0 Å². The van der Waals surface area contributed by atoms with Gasteiger partial charge in [0.15, 0.2) is 0 Å². The van der Waals surface area contributed by atoms with E-state index in [4.69, 9.17) is 0 Å². The van der Waals surface area contributed by atoms with E-state index in [0.717, 1.165) is 19.3 Å². The molecule has 0 saturated carbocycles. The van der Waals surface area contributed by atoms with Crippen molar-refractivity contribution in [3.05, 3.63) is 35.4 Å². The molecule has 2 unspecified atom stereocenters. The first-order valence-corrected chi connectivity index (χ1v) is 7.19. The summed E-state index contributed by atoms with van der Waals surface area (Å²) in [6.07, 6.45) is 3.95. The largest absolute Gasteiger partial charge is 0.355 e. The highest BCUT2D eigenvalue weighted by molar-refractivity contribution is 5.76. The van der Waals surface area contributed by atoms with E-state index >= 15 is 0 Å². The Bertz CT molecular complexity index is 431. The van der Waals surface area contributed by atoms with Crippen LogP contribution in [0, 0.1) is 5.92 Å². The standard InChI is InChI=1S/C16H24N2O/c1-12(17-2)11-18-16(19)10-13-7-8-14-5-3-4-6-15(14)9-13/h3-6,12-13,17H,7-11H2,1-2H3,(H,18,19). The van der Waals surface area contributed by atoms with Crippen molar-refractivity contribution >= 4 is 5.91 Å². The molecule has 2 N–H and O–H groups in total. The van der Waals surface area contributed by atoms with Gasteiger partial charge in [0.1, 0.15) is 0 Å². The third kappa shape index (κ3) is 4.06. The maximum Gasteiger partial charge on any atom is 0.220 e. The van der Waals surface area contributed by atoms with Crippen molar-refractivity contribution in [1.29, 1.82) is 0 Å². The summed E-state index contributed by atoms with van der Waals surface area (Å²) < 4.78 is 0. The van der Waals surface area contributed by atoms with Crippen LogP contribution in [0.25, 0.3) is 0 Å². The Labute approximate surface area is 115 Å². The van der Waals surface area contributed by atoms with Crippen molar-refractivity contribution in [1.82, 2.24) is 10.6 Å². The number of nitrogens with one attached hydrogen (secondary N) is 2. The lowest BCUT2D eigenvalue weighted by molar-refractivity contribution is -0.122. The first-order valence-electron chi connectivity index (χ1n) is 7.19. The molecule has 0 radical (unpaired) electrons. The molecule has 0 fully saturated rings. The fourth-order valence-electron chi connectivity index (χ4n) is 2.65. The Kier molecular flexibility index (Phi) is 4.97. The van der Waals surface area contributed by atoms with Gasteiger partial charge in [0.25, 0.3) is 0 Å². The van der Waals surface area contributed by atoms with Crippen molar-refractivity contribution in [3.63, 3.8) is 0 Å². The van der Waals surface area contributed by atoms with Gasteiger partial charge in [-0.25, -0.2) is 0 Å². The lowest BCUT2D eigenvalue weighted by atomic mass is 9.82. The molecule has 1 amide bonds. The maximum absolute atomic E-state index is 11.9. The van der Waals surface area contributed by atoms with Crippen molar-refractivity contribution in [3.8, 4) is 0 Å². The molecule has 0 aliphatic heterocycles. The lowest BCUT2D eigenvalue weighted by Crippen LogP contribution is -2.38. The van der Waals surface area contributed by atoms with Crippen LogP contribution in [-0.2, 0) is 17.6 Å². The zero-order valence-corrected chi connectivity index (χ0v) is 11.9. The summed E-state index contributed by atoms with van der Waals surface area (Å²) in [5, 5.41) is 6.13. The number of carbonyl (C=O) groups is 1. The zero-order chi connectivity index (χ0) is 13.7. The highest BCUT2D eigenvalue weighted by atomic mass is 16.1. The molecular weight excluding hydrogens is 236 g/mol. The predicted molar refractivity (Wildman–Crippen MR) is 78.1 cm³/mol. The summed E-state index contributed by atoms with van der Waals surface area (Å²) in [7, 11) is 1.91. The van der Waals surface area contributed by atoms with Crippen LogP contribution in [0.1, 0.15) is 30.9 Å².